The van der Waals surface area contributed by atoms with Crippen molar-refractivity contribution in [2.24, 2.45) is 0 Å². The normalized spacial score (nSPS) is 10.7. The van der Waals surface area contributed by atoms with Crippen molar-refractivity contribution in [3.8, 4) is 11.4 Å². The van der Waals surface area contributed by atoms with Gasteiger partial charge in [-0.05, 0) is 18.2 Å². The molecule has 0 unspecified atom stereocenters. The number of fused-ring (bicyclic) bond motifs is 1. The Hall–Kier alpha value is -2.62. The number of benzene rings is 2. The van der Waals surface area contributed by atoms with Crippen LogP contribution in [0.4, 0.5) is 0 Å². The van der Waals surface area contributed by atoms with Gasteiger partial charge in [-0.3, -0.25) is 4.79 Å². The highest BCUT2D eigenvalue weighted by atomic mass is 16.3. The zero-order chi connectivity index (χ0) is 12.5. The van der Waals surface area contributed by atoms with E-state index in [-0.39, 0.29) is 5.75 Å². The van der Waals surface area contributed by atoms with Crippen LogP contribution < -0.4 is 0 Å². The van der Waals surface area contributed by atoms with Gasteiger partial charge in [-0.15, -0.1) is 0 Å². The molecular formula is C14H10N2O2. The third-order valence-electron chi connectivity index (χ3n) is 2.86. The zero-order valence-corrected chi connectivity index (χ0v) is 9.45. The fourth-order valence-corrected chi connectivity index (χ4v) is 2.03. The molecule has 0 aliphatic heterocycles. The van der Waals surface area contributed by atoms with Gasteiger partial charge >= 0.3 is 0 Å². The first-order chi connectivity index (χ1) is 8.81. The Morgan fingerprint density at radius 3 is 2.72 bits per heavy atom. The minimum atomic E-state index is 0.128. The van der Waals surface area contributed by atoms with Gasteiger partial charge in [0.05, 0.1) is 11.7 Å². The average Bonchev–Trinajstić information content (AvgIpc) is 2.83. The van der Waals surface area contributed by atoms with E-state index in [2.05, 4.69) is 5.10 Å². The minimum Gasteiger partial charge on any atom is -0.506 e. The summed E-state index contributed by atoms with van der Waals surface area (Å²) in [5, 5.41) is 15.0. The van der Waals surface area contributed by atoms with Gasteiger partial charge in [0.2, 0.25) is 0 Å². The highest BCUT2D eigenvalue weighted by molar-refractivity contribution is 5.96. The maximum absolute atomic E-state index is 11.1. The molecule has 1 aromatic heterocycles. The summed E-state index contributed by atoms with van der Waals surface area (Å²) >= 11 is 0. The van der Waals surface area contributed by atoms with Crippen LogP contribution in [0.25, 0.3) is 16.6 Å². The standard InChI is InChI=1S/C14H10N2O2/c17-9-11-5-3-4-10-8-15-16(14(10)11)12-6-1-2-7-13(12)18/h1-9,18H. The van der Waals surface area contributed by atoms with Crippen LogP contribution in [0.5, 0.6) is 5.75 Å². The Labute approximate surface area is 103 Å². The first kappa shape index (κ1) is 10.5. The summed E-state index contributed by atoms with van der Waals surface area (Å²) in [6, 6.07) is 12.3. The number of carbonyl (C=O) groups is 1. The number of nitrogens with zero attached hydrogens (tertiary/aromatic N) is 2. The summed E-state index contributed by atoms with van der Waals surface area (Å²) in [6.45, 7) is 0. The molecule has 88 valence electrons. The predicted molar refractivity (Wildman–Crippen MR) is 68.1 cm³/mol. The van der Waals surface area contributed by atoms with Gasteiger partial charge in [-0.2, -0.15) is 5.10 Å². The first-order valence-corrected chi connectivity index (χ1v) is 5.51. The monoisotopic (exact) mass is 238 g/mol. The van der Waals surface area contributed by atoms with Gasteiger partial charge in [0.1, 0.15) is 11.4 Å². The molecule has 0 radical (unpaired) electrons. The van der Waals surface area contributed by atoms with Crippen molar-refractivity contribution >= 4 is 17.2 Å². The highest BCUT2D eigenvalue weighted by Crippen LogP contribution is 2.26. The van der Waals surface area contributed by atoms with Crippen molar-refractivity contribution in [2.75, 3.05) is 0 Å². The third kappa shape index (κ3) is 1.47. The maximum atomic E-state index is 11.1. The van der Waals surface area contributed by atoms with E-state index in [4.69, 9.17) is 0 Å². The molecule has 0 aliphatic carbocycles. The van der Waals surface area contributed by atoms with Crippen LogP contribution in [0.1, 0.15) is 10.4 Å². The van der Waals surface area contributed by atoms with E-state index in [1.165, 1.54) is 0 Å². The number of carbonyl (C=O) groups excluding carboxylic acids is 1. The van der Waals surface area contributed by atoms with Gasteiger partial charge < -0.3 is 5.11 Å². The van der Waals surface area contributed by atoms with Gasteiger partial charge in [0, 0.05) is 10.9 Å². The fraction of sp³-hybridized carbons (Fsp3) is 0. The lowest BCUT2D eigenvalue weighted by molar-refractivity contribution is 0.112. The second-order valence-electron chi connectivity index (χ2n) is 3.95. The summed E-state index contributed by atoms with van der Waals surface area (Å²) < 4.78 is 1.58. The second-order valence-corrected chi connectivity index (χ2v) is 3.95. The number of hydrogen-bond donors (Lipinski definition) is 1. The van der Waals surface area contributed by atoms with Gasteiger partial charge in [-0.25, -0.2) is 4.68 Å². The summed E-state index contributed by atoms with van der Waals surface area (Å²) in [5.41, 5.74) is 1.81. The van der Waals surface area contributed by atoms with Crippen LogP contribution in [-0.4, -0.2) is 21.2 Å². The molecule has 18 heavy (non-hydrogen) atoms. The Morgan fingerprint density at radius 1 is 1.11 bits per heavy atom. The number of rotatable bonds is 2. The molecule has 0 fully saturated rings. The lowest BCUT2D eigenvalue weighted by atomic mass is 10.1. The summed E-state index contributed by atoms with van der Waals surface area (Å²) in [5.74, 6) is 0.128. The Morgan fingerprint density at radius 2 is 1.94 bits per heavy atom. The lowest BCUT2D eigenvalue weighted by Gasteiger charge is -2.06. The number of phenols is 1. The molecule has 0 saturated carbocycles. The van der Waals surface area contributed by atoms with E-state index in [1.54, 1.807) is 35.1 Å². The van der Waals surface area contributed by atoms with E-state index in [0.29, 0.717) is 16.8 Å². The Kier molecular flexibility index (Phi) is 2.34. The number of hydrogen-bond acceptors (Lipinski definition) is 3. The first-order valence-electron chi connectivity index (χ1n) is 5.51. The SMILES string of the molecule is O=Cc1cccc2cnn(-c3ccccc3O)c12. The molecule has 3 rings (SSSR count). The van der Waals surface area contributed by atoms with E-state index >= 15 is 0 Å². The van der Waals surface area contributed by atoms with Crippen LogP contribution in [0.15, 0.2) is 48.7 Å². The summed E-state index contributed by atoms with van der Waals surface area (Å²) in [4.78, 5) is 11.1. The van der Waals surface area contributed by atoms with Crippen molar-refractivity contribution in [2.45, 2.75) is 0 Å². The van der Waals surface area contributed by atoms with Crippen LogP contribution >= 0.6 is 0 Å². The predicted octanol–water partition coefficient (Wildman–Crippen LogP) is 2.54. The van der Waals surface area contributed by atoms with Crippen LogP contribution in [0.3, 0.4) is 0 Å². The molecule has 4 heteroatoms. The minimum absolute atomic E-state index is 0.128. The maximum Gasteiger partial charge on any atom is 0.152 e. The number of aromatic nitrogens is 2. The number of aldehydes is 1. The molecule has 1 N–H and O–H groups in total. The number of phenolic OH excluding ortho intramolecular Hbond substituents is 1. The Balaban J connectivity index is 2.37. The van der Waals surface area contributed by atoms with E-state index in [9.17, 15) is 9.90 Å². The van der Waals surface area contributed by atoms with E-state index < -0.39 is 0 Å². The lowest BCUT2D eigenvalue weighted by Crippen LogP contribution is -1.98. The fourth-order valence-electron chi connectivity index (χ4n) is 2.03. The van der Waals surface area contributed by atoms with Crippen LogP contribution in [-0.2, 0) is 0 Å². The van der Waals surface area contributed by atoms with E-state index in [1.807, 2.05) is 18.2 Å². The second kappa shape index (κ2) is 4.00. The van der Waals surface area contributed by atoms with Crippen molar-refractivity contribution in [3.05, 3.63) is 54.2 Å². The molecule has 0 atom stereocenters. The smallest absolute Gasteiger partial charge is 0.152 e. The molecule has 4 nitrogen and oxygen atoms in total. The molecule has 3 aromatic rings. The third-order valence-corrected chi connectivity index (χ3v) is 2.86. The molecule has 2 aromatic carbocycles. The number of para-hydroxylation sites is 3. The highest BCUT2D eigenvalue weighted by Gasteiger charge is 2.11. The summed E-state index contributed by atoms with van der Waals surface area (Å²) in [7, 11) is 0. The quantitative estimate of drug-likeness (QED) is 0.698. The van der Waals surface area contributed by atoms with Crippen LogP contribution in [0.2, 0.25) is 0 Å². The zero-order valence-electron chi connectivity index (χ0n) is 9.45. The average molecular weight is 238 g/mol. The Bertz CT molecular complexity index is 731. The molecule has 0 aliphatic rings. The molecular weight excluding hydrogens is 228 g/mol. The van der Waals surface area contributed by atoms with E-state index in [0.717, 1.165) is 11.7 Å². The van der Waals surface area contributed by atoms with Gasteiger partial charge in [-0.1, -0.05) is 24.3 Å². The number of aromatic hydroxyl groups is 1. The van der Waals surface area contributed by atoms with Crippen LogP contribution in [0, 0.1) is 0 Å². The molecule has 0 saturated heterocycles. The van der Waals surface area contributed by atoms with Crippen molar-refractivity contribution in [1.29, 1.82) is 0 Å². The summed E-state index contributed by atoms with van der Waals surface area (Å²) in [6.07, 6.45) is 2.47. The molecule has 0 spiro atoms. The largest absolute Gasteiger partial charge is 0.506 e. The molecule has 0 bridgehead atoms. The molecule has 0 amide bonds. The van der Waals surface area contributed by atoms with Crippen molar-refractivity contribution in [3.63, 3.8) is 0 Å². The topological polar surface area (TPSA) is 55.1 Å². The van der Waals surface area contributed by atoms with Crippen molar-refractivity contribution in [1.82, 2.24) is 9.78 Å². The van der Waals surface area contributed by atoms with Crippen molar-refractivity contribution < 1.29 is 9.90 Å². The van der Waals surface area contributed by atoms with Gasteiger partial charge in [0.25, 0.3) is 0 Å². The molecule has 1 heterocycles. The van der Waals surface area contributed by atoms with Gasteiger partial charge in [0.15, 0.2) is 6.29 Å².